The molecule has 6 nitrogen and oxygen atoms in total. The van der Waals surface area contributed by atoms with Crippen LogP contribution in [0.15, 0.2) is 54.6 Å². The van der Waals surface area contributed by atoms with Gasteiger partial charge in [0.05, 0.1) is 11.1 Å². The van der Waals surface area contributed by atoms with Gasteiger partial charge in [0.25, 0.3) is 5.91 Å². The summed E-state index contributed by atoms with van der Waals surface area (Å²) in [6, 6.07) is 11.5. The van der Waals surface area contributed by atoms with Gasteiger partial charge in [-0.3, -0.25) is 14.4 Å². The molecule has 138 valence electrons. The van der Waals surface area contributed by atoms with Crippen LogP contribution in [0.5, 0.6) is 11.5 Å². The average Bonchev–Trinajstić information content (AvgIpc) is 2.65. The van der Waals surface area contributed by atoms with Gasteiger partial charge in [-0.25, -0.2) is 4.39 Å². The van der Waals surface area contributed by atoms with Crippen molar-refractivity contribution in [3.05, 3.63) is 88.2 Å². The first-order chi connectivity index (χ1) is 13.4. The van der Waals surface area contributed by atoms with Gasteiger partial charge in [-0.05, 0) is 36.4 Å². The highest BCUT2D eigenvalue weighted by atomic mass is 19.1. The zero-order chi connectivity index (χ0) is 20.0. The number of phenols is 2. The molecule has 3 N–H and O–H groups in total. The molecule has 0 unspecified atom stereocenters. The Hall–Kier alpha value is -4.00. The SMILES string of the molecule is O=C(Nc1cccc(F)c1)c1cc(O)c2c(c1)C(=O)c1cccc(O)c1C2=O. The first-order valence-corrected chi connectivity index (χ1v) is 8.22. The van der Waals surface area contributed by atoms with Gasteiger partial charge < -0.3 is 15.5 Å². The Balaban J connectivity index is 1.78. The Kier molecular flexibility index (Phi) is 3.93. The lowest BCUT2D eigenvalue weighted by molar-refractivity contribution is 0.0972. The van der Waals surface area contributed by atoms with Gasteiger partial charge in [0.1, 0.15) is 17.3 Å². The second kappa shape index (κ2) is 6.31. The van der Waals surface area contributed by atoms with Gasteiger partial charge in [-0.2, -0.15) is 0 Å². The number of phenolic OH excluding ortho intramolecular Hbond substituents is 2. The van der Waals surface area contributed by atoms with Crippen LogP contribution in [-0.2, 0) is 0 Å². The fraction of sp³-hybridized carbons (Fsp3) is 0. The molecule has 0 bridgehead atoms. The molecule has 1 aliphatic rings. The van der Waals surface area contributed by atoms with E-state index in [2.05, 4.69) is 5.32 Å². The van der Waals surface area contributed by atoms with E-state index < -0.39 is 29.0 Å². The predicted octanol–water partition coefficient (Wildman–Crippen LogP) is 3.26. The van der Waals surface area contributed by atoms with E-state index in [0.29, 0.717) is 0 Å². The van der Waals surface area contributed by atoms with E-state index in [9.17, 15) is 29.0 Å². The molecule has 0 saturated heterocycles. The van der Waals surface area contributed by atoms with Crippen LogP contribution in [-0.4, -0.2) is 27.7 Å². The molecular weight excluding hydrogens is 365 g/mol. The lowest BCUT2D eigenvalue weighted by atomic mass is 9.82. The van der Waals surface area contributed by atoms with Gasteiger partial charge in [-0.15, -0.1) is 0 Å². The molecular formula is C21H12FNO5. The van der Waals surface area contributed by atoms with Gasteiger partial charge in [0, 0.05) is 22.4 Å². The van der Waals surface area contributed by atoms with Crippen LogP contribution >= 0.6 is 0 Å². The van der Waals surface area contributed by atoms with Crippen LogP contribution < -0.4 is 5.32 Å². The van der Waals surface area contributed by atoms with E-state index in [1.807, 2.05) is 0 Å². The topological polar surface area (TPSA) is 104 Å². The average molecular weight is 377 g/mol. The van der Waals surface area contributed by atoms with E-state index in [1.165, 1.54) is 42.5 Å². The van der Waals surface area contributed by atoms with E-state index in [0.717, 1.165) is 12.1 Å². The van der Waals surface area contributed by atoms with Crippen molar-refractivity contribution in [3.8, 4) is 11.5 Å². The zero-order valence-electron chi connectivity index (χ0n) is 14.2. The van der Waals surface area contributed by atoms with Gasteiger partial charge in [-0.1, -0.05) is 18.2 Å². The highest BCUT2D eigenvalue weighted by Crippen LogP contribution is 2.37. The number of hydrogen-bond acceptors (Lipinski definition) is 5. The summed E-state index contributed by atoms with van der Waals surface area (Å²) in [5.74, 6) is -3.47. The summed E-state index contributed by atoms with van der Waals surface area (Å²) in [5.41, 5.74) is -0.509. The van der Waals surface area contributed by atoms with Gasteiger partial charge >= 0.3 is 0 Å². The van der Waals surface area contributed by atoms with Crippen LogP contribution in [0.3, 0.4) is 0 Å². The summed E-state index contributed by atoms with van der Waals surface area (Å²) < 4.78 is 13.3. The number of anilines is 1. The molecule has 0 saturated carbocycles. The van der Waals surface area contributed by atoms with Crippen LogP contribution in [0, 0.1) is 5.82 Å². The number of hydrogen-bond donors (Lipinski definition) is 3. The van der Waals surface area contributed by atoms with Crippen LogP contribution in [0.25, 0.3) is 0 Å². The molecule has 3 aromatic rings. The maximum absolute atomic E-state index is 13.3. The third kappa shape index (κ3) is 2.69. The quantitative estimate of drug-likeness (QED) is 0.497. The minimum Gasteiger partial charge on any atom is -0.507 e. The Morgan fingerprint density at radius 1 is 0.821 bits per heavy atom. The number of nitrogens with one attached hydrogen (secondary N) is 1. The minimum atomic E-state index is -0.711. The fourth-order valence-electron chi connectivity index (χ4n) is 3.18. The summed E-state index contributed by atoms with van der Waals surface area (Å²) in [6.07, 6.45) is 0. The smallest absolute Gasteiger partial charge is 0.255 e. The number of carbonyl (C=O) groups excluding carboxylic acids is 3. The number of rotatable bonds is 2. The molecule has 28 heavy (non-hydrogen) atoms. The molecule has 7 heteroatoms. The van der Waals surface area contributed by atoms with Crippen molar-refractivity contribution < 1.29 is 29.0 Å². The monoisotopic (exact) mass is 377 g/mol. The van der Waals surface area contributed by atoms with E-state index in [4.69, 9.17) is 0 Å². The Labute approximate surface area is 157 Å². The van der Waals surface area contributed by atoms with Gasteiger partial charge in [0.2, 0.25) is 5.78 Å². The number of amides is 1. The van der Waals surface area contributed by atoms with Crippen molar-refractivity contribution in [2.24, 2.45) is 0 Å². The lowest BCUT2D eigenvalue weighted by Gasteiger charge is -2.20. The summed E-state index contributed by atoms with van der Waals surface area (Å²) in [6.45, 7) is 0. The van der Waals surface area contributed by atoms with E-state index >= 15 is 0 Å². The third-order valence-corrected chi connectivity index (χ3v) is 4.45. The van der Waals surface area contributed by atoms with Crippen molar-refractivity contribution in [1.82, 2.24) is 0 Å². The third-order valence-electron chi connectivity index (χ3n) is 4.45. The molecule has 0 radical (unpaired) electrons. The number of halogens is 1. The Bertz CT molecular complexity index is 1190. The van der Waals surface area contributed by atoms with Gasteiger partial charge in [0.15, 0.2) is 5.78 Å². The van der Waals surface area contributed by atoms with Crippen molar-refractivity contribution in [1.29, 1.82) is 0 Å². The summed E-state index contributed by atoms with van der Waals surface area (Å²) >= 11 is 0. The normalized spacial score (nSPS) is 12.3. The van der Waals surface area contributed by atoms with Crippen molar-refractivity contribution in [2.45, 2.75) is 0 Å². The second-order valence-electron chi connectivity index (χ2n) is 6.24. The molecule has 0 spiro atoms. The number of benzene rings is 3. The molecule has 4 rings (SSSR count). The van der Waals surface area contributed by atoms with Crippen LogP contribution in [0.2, 0.25) is 0 Å². The minimum absolute atomic E-state index is 0.0143. The number of carbonyl (C=O) groups is 3. The maximum Gasteiger partial charge on any atom is 0.255 e. The van der Waals surface area contributed by atoms with Crippen molar-refractivity contribution in [3.63, 3.8) is 0 Å². The van der Waals surface area contributed by atoms with Crippen LogP contribution in [0.4, 0.5) is 10.1 Å². The molecule has 1 aliphatic carbocycles. The first-order valence-electron chi connectivity index (χ1n) is 8.22. The Morgan fingerprint density at radius 2 is 1.54 bits per heavy atom. The molecule has 3 aromatic carbocycles. The summed E-state index contributed by atoms with van der Waals surface area (Å²) in [4.78, 5) is 37.9. The maximum atomic E-state index is 13.3. The molecule has 0 fully saturated rings. The van der Waals surface area contributed by atoms with Crippen molar-refractivity contribution in [2.75, 3.05) is 5.32 Å². The second-order valence-corrected chi connectivity index (χ2v) is 6.24. The molecule has 0 atom stereocenters. The number of ketones is 2. The van der Waals surface area contributed by atoms with Crippen LogP contribution in [0.1, 0.15) is 42.2 Å². The van der Waals surface area contributed by atoms with Crippen molar-refractivity contribution >= 4 is 23.2 Å². The highest BCUT2D eigenvalue weighted by molar-refractivity contribution is 6.30. The fourth-order valence-corrected chi connectivity index (χ4v) is 3.18. The van der Waals surface area contributed by atoms with E-state index in [1.54, 1.807) is 0 Å². The summed E-state index contributed by atoms with van der Waals surface area (Å²) in [5, 5.41) is 22.7. The predicted molar refractivity (Wildman–Crippen MR) is 97.4 cm³/mol. The molecule has 0 aromatic heterocycles. The molecule has 0 aliphatic heterocycles. The molecule has 0 heterocycles. The summed E-state index contributed by atoms with van der Waals surface area (Å²) in [7, 11) is 0. The first kappa shape index (κ1) is 17.4. The highest BCUT2D eigenvalue weighted by Gasteiger charge is 2.35. The number of aromatic hydroxyl groups is 2. The molecule has 1 amide bonds. The number of fused-ring (bicyclic) bond motifs is 2. The standard InChI is InChI=1S/C21H12FNO5/c22-11-3-1-4-12(9-11)23-21(28)10-7-14-18(16(25)8-10)20(27)17-13(19(14)26)5-2-6-15(17)24/h1-9,24-25H,(H,23,28). The zero-order valence-corrected chi connectivity index (χ0v) is 14.2. The Morgan fingerprint density at radius 3 is 2.29 bits per heavy atom. The lowest BCUT2D eigenvalue weighted by Crippen LogP contribution is -2.22. The van der Waals surface area contributed by atoms with E-state index in [-0.39, 0.29) is 39.3 Å². The largest absolute Gasteiger partial charge is 0.507 e.